The van der Waals surface area contributed by atoms with Gasteiger partial charge in [-0.2, -0.15) is 0 Å². The number of aryl methyl sites for hydroxylation is 2. The third-order valence-electron chi connectivity index (χ3n) is 8.44. The molecule has 0 unspecified atom stereocenters. The molecule has 10 nitrogen and oxygen atoms in total. The van der Waals surface area contributed by atoms with Gasteiger partial charge in [0.05, 0.1) is 18.0 Å². The van der Waals surface area contributed by atoms with E-state index >= 15 is 0 Å². The van der Waals surface area contributed by atoms with Gasteiger partial charge in [-0.3, -0.25) is 4.72 Å². The van der Waals surface area contributed by atoms with E-state index in [-0.39, 0.29) is 31.5 Å². The van der Waals surface area contributed by atoms with Gasteiger partial charge in [0.1, 0.15) is 37.1 Å². The van der Waals surface area contributed by atoms with Gasteiger partial charge in [-0.15, -0.1) is 0 Å². The van der Waals surface area contributed by atoms with Crippen molar-refractivity contribution in [1.29, 1.82) is 0 Å². The Morgan fingerprint density at radius 3 is 2.00 bits per heavy atom. The summed E-state index contributed by atoms with van der Waals surface area (Å²) >= 11 is 0. The Balaban J connectivity index is 1.10. The van der Waals surface area contributed by atoms with Gasteiger partial charge >= 0.3 is 5.97 Å². The molecular formula is C42H46N2O8S. The first kappa shape index (κ1) is 38.9. The summed E-state index contributed by atoms with van der Waals surface area (Å²) in [7, 11) is -3.59. The van der Waals surface area contributed by atoms with Gasteiger partial charge in [-0.1, -0.05) is 78.9 Å². The maximum absolute atomic E-state index is 12.1. The summed E-state index contributed by atoms with van der Waals surface area (Å²) < 4.78 is 49.6. The standard InChI is InChI=1S/C42H46N2O8S/c1-29-23-37(24-30(2)41(29)34-15-18-36(19-16-34)50-28-40(45)52-27-33-13-9-6-10-14-33)49-22-21-43-31(3)42(46)35-17-20-39(38(25-35)44-53(4,47)48)51-26-32-11-7-5-8-12-32/h5-20,23-25,31,42-44,46H,21-22,26-28H2,1-4H3/t31-,42-/m0/s1. The largest absolute Gasteiger partial charge is 0.492 e. The van der Waals surface area contributed by atoms with Crippen LogP contribution in [0.15, 0.2) is 115 Å². The Bertz CT molecular complexity index is 2030. The Hall–Kier alpha value is -5.36. The van der Waals surface area contributed by atoms with Crippen molar-refractivity contribution in [2.45, 2.75) is 46.1 Å². The summed E-state index contributed by atoms with van der Waals surface area (Å²) in [6, 6.07) is 35.3. The van der Waals surface area contributed by atoms with Crippen LogP contribution in [-0.2, 0) is 32.8 Å². The van der Waals surface area contributed by atoms with Crippen molar-refractivity contribution in [3.63, 3.8) is 0 Å². The van der Waals surface area contributed by atoms with Crippen molar-refractivity contribution in [2.24, 2.45) is 0 Å². The number of carbonyl (C=O) groups excluding carboxylic acids is 1. The fourth-order valence-corrected chi connectivity index (χ4v) is 6.39. The molecule has 5 rings (SSSR count). The van der Waals surface area contributed by atoms with E-state index < -0.39 is 22.1 Å². The molecule has 2 atom stereocenters. The first-order chi connectivity index (χ1) is 25.4. The van der Waals surface area contributed by atoms with E-state index in [9.17, 15) is 18.3 Å². The SMILES string of the molecule is Cc1cc(OCCN[C@@H](C)[C@H](O)c2ccc(OCc3ccccc3)c(NS(C)(=O)=O)c2)cc(C)c1-c1ccc(OCC(=O)OCc2ccccc2)cc1. The second-order valence-corrected chi connectivity index (χ2v) is 14.6. The molecule has 3 N–H and O–H groups in total. The number of hydrogen-bond donors (Lipinski definition) is 3. The molecule has 0 radical (unpaired) electrons. The summed E-state index contributed by atoms with van der Waals surface area (Å²) in [5.41, 5.74) is 6.84. The molecule has 278 valence electrons. The Labute approximate surface area is 311 Å². The minimum atomic E-state index is -3.59. The zero-order valence-electron chi connectivity index (χ0n) is 30.4. The molecule has 0 aliphatic heterocycles. The number of esters is 1. The lowest BCUT2D eigenvalue weighted by Crippen LogP contribution is -2.35. The van der Waals surface area contributed by atoms with Crippen LogP contribution in [0.5, 0.6) is 17.2 Å². The van der Waals surface area contributed by atoms with Crippen molar-refractivity contribution in [2.75, 3.05) is 30.7 Å². The Kier molecular flexibility index (Phi) is 13.5. The molecule has 0 saturated heterocycles. The number of nitrogens with one attached hydrogen (secondary N) is 2. The van der Waals surface area contributed by atoms with Crippen molar-refractivity contribution < 1.29 is 37.3 Å². The van der Waals surface area contributed by atoms with Gasteiger partial charge < -0.3 is 29.4 Å². The van der Waals surface area contributed by atoms with Crippen LogP contribution in [-0.4, -0.2) is 51.5 Å². The molecule has 0 amide bonds. The van der Waals surface area contributed by atoms with Crippen LogP contribution in [0.3, 0.4) is 0 Å². The minimum absolute atomic E-state index is 0.176. The third kappa shape index (κ3) is 11.8. The molecule has 0 aromatic heterocycles. The zero-order chi connectivity index (χ0) is 37.8. The van der Waals surface area contributed by atoms with Gasteiger partial charge in [0, 0.05) is 12.6 Å². The average Bonchev–Trinajstić information content (AvgIpc) is 3.14. The maximum Gasteiger partial charge on any atom is 0.344 e. The molecule has 0 bridgehead atoms. The number of hydrogen-bond acceptors (Lipinski definition) is 9. The average molecular weight is 739 g/mol. The summed E-state index contributed by atoms with van der Waals surface area (Å²) in [6.07, 6.45) is 0.148. The van der Waals surface area contributed by atoms with Gasteiger partial charge in [0.2, 0.25) is 10.0 Å². The number of rotatable bonds is 18. The van der Waals surface area contributed by atoms with Crippen LogP contribution in [0, 0.1) is 13.8 Å². The van der Waals surface area contributed by atoms with Gasteiger partial charge in [-0.05, 0) is 96.1 Å². The number of aliphatic hydroxyl groups excluding tert-OH is 1. The summed E-state index contributed by atoms with van der Waals surface area (Å²) in [6.45, 7) is 7.04. The van der Waals surface area contributed by atoms with E-state index in [0.29, 0.717) is 30.2 Å². The van der Waals surface area contributed by atoms with E-state index in [4.69, 9.17) is 18.9 Å². The molecular weight excluding hydrogens is 693 g/mol. The van der Waals surface area contributed by atoms with Gasteiger partial charge in [-0.25, -0.2) is 13.2 Å². The second-order valence-electron chi connectivity index (χ2n) is 12.8. The molecule has 53 heavy (non-hydrogen) atoms. The Morgan fingerprint density at radius 1 is 0.755 bits per heavy atom. The number of carbonyl (C=O) groups is 1. The monoisotopic (exact) mass is 738 g/mol. The highest BCUT2D eigenvalue weighted by Gasteiger charge is 2.19. The van der Waals surface area contributed by atoms with Crippen LogP contribution in [0.1, 0.15) is 40.8 Å². The van der Waals surface area contributed by atoms with E-state index in [1.807, 2.05) is 118 Å². The van der Waals surface area contributed by atoms with Crippen molar-refractivity contribution >= 4 is 21.7 Å². The zero-order valence-corrected chi connectivity index (χ0v) is 31.2. The smallest absolute Gasteiger partial charge is 0.344 e. The molecule has 0 heterocycles. The molecule has 5 aromatic rings. The van der Waals surface area contributed by atoms with Crippen LogP contribution >= 0.6 is 0 Å². The number of benzene rings is 5. The van der Waals surface area contributed by atoms with E-state index in [1.165, 1.54) is 0 Å². The highest BCUT2D eigenvalue weighted by atomic mass is 32.2. The highest BCUT2D eigenvalue weighted by Crippen LogP contribution is 2.33. The Morgan fingerprint density at radius 2 is 1.38 bits per heavy atom. The molecule has 0 aliphatic carbocycles. The normalized spacial score (nSPS) is 12.4. The van der Waals surface area contributed by atoms with Gasteiger partial charge in [0.25, 0.3) is 0 Å². The predicted molar refractivity (Wildman–Crippen MR) is 207 cm³/mol. The lowest BCUT2D eigenvalue weighted by Gasteiger charge is -2.22. The van der Waals surface area contributed by atoms with E-state index in [0.717, 1.165) is 45.4 Å². The van der Waals surface area contributed by atoms with Crippen molar-refractivity contribution in [3.05, 3.63) is 143 Å². The highest BCUT2D eigenvalue weighted by molar-refractivity contribution is 7.92. The van der Waals surface area contributed by atoms with E-state index in [1.54, 1.807) is 18.2 Å². The fraction of sp³-hybridized carbons (Fsp3) is 0.262. The van der Waals surface area contributed by atoms with E-state index in [2.05, 4.69) is 10.0 Å². The predicted octanol–water partition coefficient (Wildman–Crippen LogP) is 7.13. The topological polar surface area (TPSA) is 132 Å². The molecule has 5 aromatic carbocycles. The quantitative estimate of drug-likeness (QED) is 0.0635. The summed E-state index contributed by atoms with van der Waals surface area (Å²) in [4.78, 5) is 12.1. The molecule has 0 aliphatic rings. The van der Waals surface area contributed by atoms with Crippen LogP contribution in [0.4, 0.5) is 5.69 Å². The number of sulfonamides is 1. The second kappa shape index (κ2) is 18.4. The summed E-state index contributed by atoms with van der Waals surface area (Å²) in [5, 5.41) is 14.4. The number of aliphatic hydroxyl groups is 1. The molecule has 11 heteroatoms. The van der Waals surface area contributed by atoms with Crippen LogP contribution in [0.2, 0.25) is 0 Å². The maximum atomic E-state index is 12.1. The van der Waals surface area contributed by atoms with Crippen molar-refractivity contribution in [1.82, 2.24) is 5.32 Å². The molecule has 0 fully saturated rings. The third-order valence-corrected chi connectivity index (χ3v) is 9.03. The molecule has 0 saturated carbocycles. The lowest BCUT2D eigenvalue weighted by atomic mass is 9.95. The summed E-state index contributed by atoms with van der Waals surface area (Å²) in [5.74, 6) is 1.23. The lowest BCUT2D eigenvalue weighted by molar-refractivity contribution is -0.147. The fourth-order valence-electron chi connectivity index (χ4n) is 5.83. The molecule has 0 spiro atoms. The first-order valence-electron chi connectivity index (χ1n) is 17.3. The number of ether oxygens (including phenoxy) is 4. The van der Waals surface area contributed by atoms with Crippen LogP contribution in [0.25, 0.3) is 11.1 Å². The minimum Gasteiger partial charge on any atom is -0.492 e. The van der Waals surface area contributed by atoms with Crippen molar-refractivity contribution in [3.8, 4) is 28.4 Å². The van der Waals surface area contributed by atoms with Crippen LogP contribution < -0.4 is 24.2 Å². The number of anilines is 1. The van der Waals surface area contributed by atoms with Gasteiger partial charge in [0.15, 0.2) is 6.61 Å². The first-order valence-corrected chi connectivity index (χ1v) is 19.2.